The zero-order valence-electron chi connectivity index (χ0n) is 17.4. The maximum Gasteiger partial charge on any atom is 0.243 e. The number of hydrogen-bond acceptors (Lipinski definition) is 6. The number of nitrogens with two attached hydrogens (primary N) is 1. The van der Waals surface area contributed by atoms with Crippen molar-refractivity contribution in [3.05, 3.63) is 29.3 Å². The monoisotopic (exact) mass is 417 g/mol. The predicted octanol–water partition coefficient (Wildman–Crippen LogP) is 0.355. The topological polar surface area (TPSA) is 130 Å². The molecule has 0 aliphatic carbocycles. The molecule has 0 bridgehead atoms. The molecule has 0 unspecified atom stereocenters. The van der Waals surface area contributed by atoms with Gasteiger partial charge in [-0.15, -0.1) is 0 Å². The summed E-state index contributed by atoms with van der Waals surface area (Å²) in [5.74, 6) is 0.313. The van der Waals surface area contributed by atoms with Gasteiger partial charge in [0.25, 0.3) is 0 Å². The van der Waals surface area contributed by atoms with Gasteiger partial charge in [0, 0.05) is 43.5 Å². The van der Waals surface area contributed by atoms with Crippen LogP contribution in [0.25, 0.3) is 0 Å². The van der Waals surface area contributed by atoms with E-state index in [9.17, 15) is 9.59 Å². The zero-order chi connectivity index (χ0) is 21.5. The minimum Gasteiger partial charge on any atom is -0.496 e. The van der Waals surface area contributed by atoms with Crippen molar-refractivity contribution in [3.8, 4) is 5.75 Å². The van der Waals surface area contributed by atoms with E-state index in [2.05, 4.69) is 10.6 Å². The molecule has 2 fully saturated rings. The van der Waals surface area contributed by atoms with Gasteiger partial charge in [-0.3, -0.25) is 15.0 Å². The molecule has 1 aromatic rings. The number of nitrogen functional groups attached to an aromatic ring is 1. The molecule has 0 aromatic heterocycles. The summed E-state index contributed by atoms with van der Waals surface area (Å²) in [6.45, 7) is 2.56. The summed E-state index contributed by atoms with van der Waals surface area (Å²) in [6, 6.07) is 5.03. The number of likely N-dealkylation sites (tertiary alicyclic amines) is 1. The van der Waals surface area contributed by atoms with Crippen molar-refractivity contribution in [2.24, 2.45) is 5.73 Å². The Kier molecular flexibility index (Phi) is 7.64. The van der Waals surface area contributed by atoms with Gasteiger partial charge in [0.2, 0.25) is 11.8 Å². The molecule has 2 saturated heterocycles. The van der Waals surface area contributed by atoms with Crippen LogP contribution in [0.4, 0.5) is 0 Å². The summed E-state index contributed by atoms with van der Waals surface area (Å²) in [6.07, 6.45) is 3.29. The van der Waals surface area contributed by atoms with Crippen molar-refractivity contribution in [1.82, 2.24) is 15.5 Å². The highest BCUT2D eigenvalue weighted by Crippen LogP contribution is 2.21. The summed E-state index contributed by atoms with van der Waals surface area (Å²) in [5, 5.41) is 13.7. The second-order valence-corrected chi connectivity index (χ2v) is 7.67. The lowest BCUT2D eigenvalue weighted by Crippen LogP contribution is -2.49. The molecule has 0 radical (unpaired) electrons. The van der Waals surface area contributed by atoms with E-state index >= 15 is 0 Å². The molecular weight excluding hydrogens is 386 g/mol. The molecule has 9 heteroatoms. The molecule has 9 nitrogen and oxygen atoms in total. The van der Waals surface area contributed by atoms with E-state index in [0.29, 0.717) is 30.3 Å². The quantitative estimate of drug-likeness (QED) is 0.357. The third-order valence-corrected chi connectivity index (χ3v) is 5.69. The van der Waals surface area contributed by atoms with Gasteiger partial charge in [0.05, 0.1) is 13.7 Å². The van der Waals surface area contributed by atoms with E-state index < -0.39 is 6.04 Å². The Morgan fingerprint density at radius 1 is 1.30 bits per heavy atom. The molecule has 2 aliphatic heterocycles. The lowest BCUT2D eigenvalue weighted by atomic mass is 10.1. The summed E-state index contributed by atoms with van der Waals surface area (Å²) in [5.41, 5.74) is 6.86. The van der Waals surface area contributed by atoms with Crippen LogP contribution in [0.1, 0.15) is 36.8 Å². The third kappa shape index (κ3) is 5.48. The first kappa shape index (κ1) is 22.0. The second kappa shape index (κ2) is 10.4. The van der Waals surface area contributed by atoms with Gasteiger partial charge in [0.1, 0.15) is 17.6 Å². The third-order valence-electron chi connectivity index (χ3n) is 5.69. The lowest BCUT2D eigenvalue weighted by molar-refractivity contribution is -0.138. The summed E-state index contributed by atoms with van der Waals surface area (Å²) in [7, 11) is 1.54. The van der Waals surface area contributed by atoms with Gasteiger partial charge in [-0.05, 0) is 31.7 Å². The molecule has 5 N–H and O–H groups in total. The fourth-order valence-corrected chi connectivity index (χ4v) is 3.93. The SMILES string of the molecule is COc1cc(C(=N)N)ccc1CNC(=O)[C@@H]1CCCN1C(=O)CNC1CCOCC1. The Bertz CT molecular complexity index is 779. The molecule has 2 heterocycles. The van der Waals surface area contributed by atoms with Crippen molar-refractivity contribution in [2.75, 3.05) is 33.4 Å². The number of methoxy groups -OCH3 is 1. The van der Waals surface area contributed by atoms with Crippen LogP contribution in [0.5, 0.6) is 5.75 Å². The summed E-state index contributed by atoms with van der Waals surface area (Å²) < 4.78 is 10.7. The molecule has 2 aliphatic rings. The van der Waals surface area contributed by atoms with Crippen molar-refractivity contribution < 1.29 is 19.1 Å². The summed E-state index contributed by atoms with van der Waals surface area (Å²) in [4.78, 5) is 27.1. The van der Waals surface area contributed by atoms with Crippen LogP contribution in [0.3, 0.4) is 0 Å². The Balaban J connectivity index is 1.54. The standard InChI is InChI=1S/C21H31N5O4/c1-29-18-11-14(20(22)23)4-5-15(18)12-25-21(28)17-3-2-8-26(17)19(27)13-24-16-6-9-30-10-7-16/h4-5,11,16-17,24H,2-3,6-10,12-13H2,1H3,(H3,22,23)(H,25,28)/t17-/m0/s1. The number of amidine groups is 1. The van der Waals surface area contributed by atoms with Gasteiger partial charge in [-0.2, -0.15) is 0 Å². The minimum atomic E-state index is -0.448. The summed E-state index contributed by atoms with van der Waals surface area (Å²) >= 11 is 0. The Labute approximate surface area is 176 Å². The van der Waals surface area contributed by atoms with Crippen molar-refractivity contribution >= 4 is 17.6 Å². The number of carbonyl (C=O) groups is 2. The number of carbonyl (C=O) groups excluding carboxylic acids is 2. The van der Waals surface area contributed by atoms with E-state index in [0.717, 1.165) is 38.0 Å². The highest BCUT2D eigenvalue weighted by Gasteiger charge is 2.34. The largest absolute Gasteiger partial charge is 0.496 e. The number of hydrogen-bond donors (Lipinski definition) is 4. The molecule has 0 saturated carbocycles. The van der Waals surface area contributed by atoms with Crippen LogP contribution in [-0.2, 0) is 20.9 Å². The zero-order valence-corrected chi connectivity index (χ0v) is 17.4. The molecule has 0 spiro atoms. The van der Waals surface area contributed by atoms with Gasteiger partial charge >= 0.3 is 0 Å². The minimum absolute atomic E-state index is 0.0393. The normalized spacial score (nSPS) is 19.5. The van der Waals surface area contributed by atoms with Crippen LogP contribution < -0.4 is 21.1 Å². The number of benzene rings is 1. The number of nitrogens with zero attached hydrogens (tertiary/aromatic N) is 1. The van der Waals surface area contributed by atoms with Gasteiger partial charge in [-0.25, -0.2) is 0 Å². The van der Waals surface area contributed by atoms with Crippen molar-refractivity contribution in [1.29, 1.82) is 5.41 Å². The molecule has 1 atom stereocenters. The van der Waals surface area contributed by atoms with Crippen LogP contribution in [0.15, 0.2) is 18.2 Å². The fourth-order valence-electron chi connectivity index (χ4n) is 3.93. The van der Waals surface area contributed by atoms with Crippen molar-refractivity contribution in [3.63, 3.8) is 0 Å². The van der Waals surface area contributed by atoms with Gasteiger partial charge in [0.15, 0.2) is 0 Å². The number of amides is 2. The van der Waals surface area contributed by atoms with E-state index in [-0.39, 0.29) is 30.7 Å². The number of nitrogens with one attached hydrogen (secondary N) is 3. The van der Waals surface area contributed by atoms with Gasteiger partial charge < -0.3 is 30.7 Å². The van der Waals surface area contributed by atoms with Crippen LogP contribution >= 0.6 is 0 Å². The maximum atomic E-state index is 12.8. The predicted molar refractivity (Wildman–Crippen MR) is 112 cm³/mol. The smallest absolute Gasteiger partial charge is 0.243 e. The number of ether oxygens (including phenoxy) is 2. The molecular formula is C21H31N5O4. The van der Waals surface area contributed by atoms with E-state index in [1.54, 1.807) is 23.1 Å². The van der Waals surface area contributed by atoms with Crippen LogP contribution in [-0.4, -0.2) is 68.0 Å². The second-order valence-electron chi connectivity index (χ2n) is 7.67. The van der Waals surface area contributed by atoms with Crippen molar-refractivity contribution in [2.45, 2.75) is 44.3 Å². The first-order valence-electron chi connectivity index (χ1n) is 10.4. The fraction of sp³-hybridized carbons (Fsp3) is 0.571. The van der Waals surface area contributed by atoms with E-state index in [1.807, 2.05) is 0 Å². The van der Waals surface area contributed by atoms with E-state index in [1.165, 1.54) is 7.11 Å². The molecule has 3 rings (SSSR count). The maximum absolute atomic E-state index is 12.8. The highest BCUT2D eigenvalue weighted by molar-refractivity contribution is 5.95. The molecule has 2 amide bonds. The molecule has 1 aromatic carbocycles. The first-order chi connectivity index (χ1) is 14.5. The lowest BCUT2D eigenvalue weighted by Gasteiger charge is -2.27. The van der Waals surface area contributed by atoms with Crippen LogP contribution in [0, 0.1) is 5.41 Å². The van der Waals surface area contributed by atoms with Crippen LogP contribution in [0.2, 0.25) is 0 Å². The molecule has 30 heavy (non-hydrogen) atoms. The highest BCUT2D eigenvalue weighted by atomic mass is 16.5. The number of rotatable bonds is 8. The molecule has 164 valence electrons. The Morgan fingerprint density at radius 3 is 2.77 bits per heavy atom. The Hall–Kier alpha value is -2.65. The Morgan fingerprint density at radius 2 is 2.07 bits per heavy atom. The first-order valence-corrected chi connectivity index (χ1v) is 10.4. The average molecular weight is 418 g/mol. The van der Waals surface area contributed by atoms with Gasteiger partial charge in [-0.1, -0.05) is 12.1 Å². The van der Waals surface area contributed by atoms with E-state index in [4.69, 9.17) is 20.6 Å². The average Bonchev–Trinajstić information content (AvgIpc) is 3.26.